The first-order valence-corrected chi connectivity index (χ1v) is 6.24. The van der Waals surface area contributed by atoms with Crippen molar-refractivity contribution >= 4 is 15.9 Å². The van der Waals surface area contributed by atoms with Crippen molar-refractivity contribution in [2.75, 3.05) is 32.9 Å². The highest BCUT2D eigenvalue weighted by Crippen LogP contribution is 2.21. The van der Waals surface area contributed by atoms with Crippen molar-refractivity contribution in [2.24, 2.45) is 0 Å². The zero-order chi connectivity index (χ0) is 11.4. The van der Waals surface area contributed by atoms with Crippen LogP contribution in [0.15, 0.2) is 22.8 Å². The second-order valence-electron chi connectivity index (χ2n) is 3.84. The second-order valence-corrected chi connectivity index (χ2v) is 4.65. The molecular formula is C11H15BrFN3. The van der Waals surface area contributed by atoms with Crippen molar-refractivity contribution in [1.29, 1.82) is 0 Å². The summed E-state index contributed by atoms with van der Waals surface area (Å²) in [6.07, 6.45) is 0. The Bertz CT molecular complexity index is 342. The topological polar surface area (TPSA) is 28.2 Å². The van der Waals surface area contributed by atoms with Gasteiger partial charge in [0.2, 0.25) is 0 Å². The third-order valence-electron chi connectivity index (χ3n) is 2.82. The van der Waals surface area contributed by atoms with Crippen molar-refractivity contribution in [2.45, 2.75) is 6.04 Å². The van der Waals surface area contributed by atoms with Gasteiger partial charge in [-0.2, -0.15) is 0 Å². The van der Waals surface area contributed by atoms with Crippen LogP contribution in [-0.4, -0.2) is 42.7 Å². The van der Waals surface area contributed by atoms with E-state index < -0.39 is 0 Å². The largest absolute Gasteiger partial charge is 0.314 e. The van der Waals surface area contributed by atoms with Gasteiger partial charge in [0.15, 0.2) is 0 Å². The molecule has 3 nitrogen and oxygen atoms in total. The van der Waals surface area contributed by atoms with E-state index in [0.717, 1.165) is 36.5 Å². The van der Waals surface area contributed by atoms with Crippen LogP contribution in [0.5, 0.6) is 0 Å². The highest BCUT2D eigenvalue weighted by atomic mass is 79.9. The quantitative estimate of drug-likeness (QED) is 0.859. The summed E-state index contributed by atoms with van der Waals surface area (Å²) in [5, 5.41) is 3.26. The number of nitrogens with one attached hydrogen (secondary N) is 1. The second kappa shape index (κ2) is 5.70. The number of hydrogen-bond donors (Lipinski definition) is 1. The molecule has 1 atom stereocenters. The Morgan fingerprint density at radius 3 is 2.81 bits per heavy atom. The van der Waals surface area contributed by atoms with Crippen molar-refractivity contribution in [1.82, 2.24) is 15.2 Å². The minimum absolute atomic E-state index is 0.209. The van der Waals surface area contributed by atoms with Crippen LogP contribution in [0.4, 0.5) is 4.39 Å². The molecule has 0 aromatic carbocycles. The molecule has 0 bridgehead atoms. The summed E-state index contributed by atoms with van der Waals surface area (Å²) < 4.78 is 13.9. The summed E-state index contributed by atoms with van der Waals surface area (Å²) in [6.45, 7) is 3.21. The molecule has 2 rings (SSSR count). The number of nitrogens with zero attached hydrogens (tertiary/aromatic N) is 2. The SMILES string of the molecule is FC[C@@H](c1cccc(Br)n1)N1CCNCC1. The number of rotatable bonds is 3. The van der Waals surface area contributed by atoms with Crippen LogP contribution in [0.2, 0.25) is 0 Å². The van der Waals surface area contributed by atoms with Gasteiger partial charge in [-0.25, -0.2) is 9.37 Å². The standard InChI is InChI=1S/C11H15BrFN3/c12-11-3-1-2-9(15-11)10(8-13)16-6-4-14-5-7-16/h1-3,10,14H,4-8H2/t10-/m0/s1. The fourth-order valence-corrected chi connectivity index (χ4v) is 2.32. The van der Waals surface area contributed by atoms with E-state index in [9.17, 15) is 4.39 Å². The minimum Gasteiger partial charge on any atom is -0.314 e. The number of hydrogen-bond acceptors (Lipinski definition) is 3. The van der Waals surface area contributed by atoms with E-state index in [1.54, 1.807) is 0 Å². The zero-order valence-electron chi connectivity index (χ0n) is 9.00. The Kier molecular flexibility index (Phi) is 4.26. The van der Waals surface area contributed by atoms with Crippen molar-refractivity contribution < 1.29 is 4.39 Å². The summed E-state index contributed by atoms with van der Waals surface area (Å²) in [7, 11) is 0. The Balaban J connectivity index is 2.14. The molecule has 0 unspecified atom stereocenters. The van der Waals surface area contributed by atoms with Crippen LogP contribution in [0.25, 0.3) is 0 Å². The van der Waals surface area contributed by atoms with Gasteiger partial charge >= 0.3 is 0 Å². The van der Waals surface area contributed by atoms with Crippen LogP contribution in [0, 0.1) is 0 Å². The number of halogens is 2. The minimum atomic E-state index is -0.385. The van der Waals surface area contributed by atoms with E-state index >= 15 is 0 Å². The average Bonchev–Trinajstić information content (AvgIpc) is 2.31. The molecule has 1 aromatic heterocycles. The number of alkyl halides is 1. The molecule has 0 aliphatic carbocycles. The molecule has 0 amide bonds. The van der Waals surface area contributed by atoms with E-state index in [1.165, 1.54) is 0 Å². The molecule has 1 fully saturated rings. The molecule has 1 aromatic rings. The maximum Gasteiger partial charge on any atom is 0.111 e. The molecule has 0 radical (unpaired) electrons. The van der Waals surface area contributed by atoms with E-state index in [0.29, 0.717) is 0 Å². The Hall–Kier alpha value is -0.520. The van der Waals surface area contributed by atoms with Gasteiger partial charge in [-0.3, -0.25) is 4.90 Å². The Morgan fingerprint density at radius 2 is 2.19 bits per heavy atom. The van der Waals surface area contributed by atoms with E-state index in [4.69, 9.17) is 0 Å². The summed E-state index contributed by atoms with van der Waals surface area (Å²) in [5.74, 6) is 0. The molecule has 1 aliphatic heterocycles. The molecule has 88 valence electrons. The predicted octanol–water partition coefficient (Wildman–Crippen LogP) is 1.76. The molecule has 5 heteroatoms. The first kappa shape index (κ1) is 12.0. The lowest BCUT2D eigenvalue weighted by Gasteiger charge is -2.33. The van der Waals surface area contributed by atoms with Crippen molar-refractivity contribution in [3.8, 4) is 0 Å². The monoisotopic (exact) mass is 287 g/mol. The summed E-state index contributed by atoms with van der Waals surface area (Å²) in [4.78, 5) is 6.48. The van der Waals surface area contributed by atoms with Crippen molar-refractivity contribution in [3.05, 3.63) is 28.5 Å². The third-order valence-corrected chi connectivity index (χ3v) is 3.26. The third kappa shape index (κ3) is 2.78. The van der Waals surface area contributed by atoms with E-state index in [2.05, 4.69) is 31.1 Å². The van der Waals surface area contributed by atoms with Gasteiger partial charge in [-0.1, -0.05) is 6.07 Å². The van der Waals surface area contributed by atoms with Gasteiger partial charge in [-0.15, -0.1) is 0 Å². The molecule has 1 N–H and O–H groups in total. The van der Waals surface area contributed by atoms with E-state index in [-0.39, 0.29) is 12.7 Å². The van der Waals surface area contributed by atoms with Gasteiger partial charge in [-0.05, 0) is 28.1 Å². The number of piperazine rings is 1. The molecular weight excluding hydrogens is 273 g/mol. The van der Waals surface area contributed by atoms with Crippen LogP contribution < -0.4 is 5.32 Å². The van der Waals surface area contributed by atoms with Gasteiger partial charge < -0.3 is 5.32 Å². The normalized spacial score (nSPS) is 19.6. The number of aromatic nitrogens is 1. The van der Waals surface area contributed by atoms with Gasteiger partial charge in [0.25, 0.3) is 0 Å². The molecule has 0 saturated carbocycles. The molecule has 1 aliphatic rings. The van der Waals surface area contributed by atoms with Gasteiger partial charge in [0.1, 0.15) is 11.3 Å². The fraction of sp³-hybridized carbons (Fsp3) is 0.545. The zero-order valence-corrected chi connectivity index (χ0v) is 10.6. The maximum absolute atomic E-state index is 13.1. The van der Waals surface area contributed by atoms with Crippen molar-refractivity contribution in [3.63, 3.8) is 0 Å². The van der Waals surface area contributed by atoms with Gasteiger partial charge in [0, 0.05) is 26.2 Å². The summed E-state index contributed by atoms with van der Waals surface area (Å²) in [5.41, 5.74) is 0.804. The van der Waals surface area contributed by atoms with E-state index in [1.807, 2.05) is 18.2 Å². The molecule has 0 spiro atoms. The average molecular weight is 288 g/mol. The molecule has 2 heterocycles. The van der Waals surface area contributed by atoms with Gasteiger partial charge in [0.05, 0.1) is 11.7 Å². The lowest BCUT2D eigenvalue weighted by molar-refractivity contribution is 0.144. The summed E-state index contributed by atoms with van der Waals surface area (Å²) in [6, 6.07) is 5.44. The van der Waals surface area contributed by atoms with Crippen LogP contribution in [0.1, 0.15) is 11.7 Å². The maximum atomic E-state index is 13.1. The Morgan fingerprint density at radius 1 is 1.44 bits per heavy atom. The van der Waals surface area contributed by atoms with Crippen LogP contribution in [0.3, 0.4) is 0 Å². The first-order chi connectivity index (χ1) is 7.81. The highest BCUT2D eigenvalue weighted by molar-refractivity contribution is 9.10. The highest BCUT2D eigenvalue weighted by Gasteiger charge is 2.23. The smallest absolute Gasteiger partial charge is 0.111 e. The first-order valence-electron chi connectivity index (χ1n) is 5.44. The molecule has 16 heavy (non-hydrogen) atoms. The predicted molar refractivity (Wildman–Crippen MR) is 65.1 cm³/mol. The number of pyridine rings is 1. The molecule has 1 saturated heterocycles. The van der Waals surface area contributed by atoms with Crippen LogP contribution >= 0.6 is 15.9 Å². The van der Waals surface area contributed by atoms with Crippen LogP contribution in [-0.2, 0) is 0 Å². The fourth-order valence-electron chi connectivity index (χ4n) is 1.97. The summed E-state index contributed by atoms with van der Waals surface area (Å²) >= 11 is 3.32. The lowest BCUT2D eigenvalue weighted by Crippen LogP contribution is -2.45. The Labute approximate surface area is 103 Å². The lowest BCUT2D eigenvalue weighted by atomic mass is 10.1.